The molecule has 0 aliphatic heterocycles. The van der Waals surface area contributed by atoms with Crippen molar-refractivity contribution in [2.75, 3.05) is 0 Å². The molecule has 106 valence electrons. The highest BCUT2D eigenvalue weighted by Gasteiger charge is 2.39. The third-order valence-corrected chi connectivity index (χ3v) is 3.16. The Bertz CT molecular complexity index is 516. The van der Waals surface area contributed by atoms with Crippen molar-refractivity contribution in [1.29, 1.82) is 0 Å². The lowest BCUT2D eigenvalue weighted by Crippen LogP contribution is -2.18. The maximum Gasteiger partial charge on any atom is 0.434 e. The summed E-state index contributed by atoms with van der Waals surface area (Å²) in [6.07, 6.45) is -8.53. The van der Waals surface area contributed by atoms with Crippen LogP contribution in [-0.4, -0.2) is 16.1 Å². The first-order valence-electron chi connectivity index (χ1n) is 4.92. The van der Waals surface area contributed by atoms with Crippen LogP contribution in [0.25, 0.3) is 0 Å². The van der Waals surface area contributed by atoms with Crippen LogP contribution in [0.15, 0.2) is 4.47 Å². The van der Waals surface area contributed by atoms with Gasteiger partial charge in [-0.1, -0.05) is 6.92 Å². The summed E-state index contributed by atoms with van der Waals surface area (Å²) >= 11 is 2.59. The molecule has 0 spiro atoms. The first kappa shape index (κ1) is 15.8. The molecular formula is C10H7BrF5NO2. The molecule has 0 fully saturated rings. The lowest BCUT2D eigenvalue weighted by molar-refractivity contribution is -0.142. The summed E-state index contributed by atoms with van der Waals surface area (Å²) in [4.78, 5) is 13.7. The van der Waals surface area contributed by atoms with Crippen molar-refractivity contribution in [2.24, 2.45) is 0 Å². The summed E-state index contributed by atoms with van der Waals surface area (Å²) in [5.41, 5.74) is -4.17. The van der Waals surface area contributed by atoms with E-state index in [0.717, 1.165) is 0 Å². The molecule has 0 atom stereocenters. The number of carboxylic acid groups (broad SMARTS) is 1. The Balaban J connectivity index is 3.77. The largest absolute Gasteiger partial charge is 0.478 e. The molecule has 0 aliphatic rings. The van der Waals surface area contributed by atoms with Crippen molar-refractivity contribution in [3.63, 3.8) is 0 Å². The van der Waals surface area contributed by atoms with Crippen LogP contribution in [0, 0.1) is 0 Å². The smallest absolute Gasteiger partial charge is 0.434 e. The van der Waals surface area contributed by atoms with E-state index in [-0.39, 0.29) is 12.0 Å². The average Bonchev–Trinajstić information content (AvgIpc) is 2.25. The normalized spacial score (nSPS) is 12.0. The van der Waals surface area contributed by atoms with Gasteiger partial charge in [-0.15, -0.1) is 0 Å². The van der Waals surface area contributed by atoms with Crippen LogP contribution in [0.5, 0.6) is 0 Å². The molecular weight excluding hydrogens is 341 g/mol. The molecule has 0 saturated carbocycles. The lowest BCUT2D eigenvalue weighted by atomic mass is 10.0. The molecule has 0 aliphatic carbocycles. The fourth-order valence-electron chi connectivity index (χ4n) is 1.55. The molecule has 0 saturated heterocycles. The van der Waals surface area contributed by atoms with Gasteiger partial charge in [-0.05, 0) is 27.9 Å². The second kappa shape index (κ2) is 5.40. The van der Waals surface area contributed by atoms with Gasteiger partial charge in [-0.25, -0.2) is 18.6 Å². The van der Waals surface area contributed by atoms with Crippen molar-refractivity contribution in [3.05, 3.63) is 27.0 Å². The molecule has 1 N–H and O–H groups in total. The number of halogens is 6. The van der Waals surface area contributed by atoms with Crippen molar-refractivity contribution in [1.82, 2.24) is 4.98 Å². The van der Waals surface area contributed by atoms with Gasteiger partial charge in [0, 0.05) is 0 Å². The van der Waals surface area contributed by atoms with E-state index < -0.39 is 40.0 Å². The SMILES string of the molecule is CCc1c(Br)c(C(F)(F)F)nc(C(F)F)c1C(=O)O. The lowest BCUT2D eigenvalue weighted by Gasteiger charge is -2.16. The maximum absolute atomic E-state index is 12.7. The Labute approximate surface area is 112 Å². The number of carbonyl (C=O) groups is 1. The van der Waals surface area contributed by atoms with Gasteiger partial charge in [-0.3, -0.25) is 0 Å². The Morgan fingerprint density at radius 3 is 2.26 bits per heavy atom. The number of hydrogen-bond donors (Lipinski definition) is 1. The summed E-state index contributed by atoms with van der Waals surface area (Å²) < 4.78 is 62.7. The topological polar surface area (TPSA) is 50.2 Å². The zero-order valence-electron chi connectivity index (χ0n) is 9.35. The summed E-state index contributed by atoms with van der Waals surface area (Å²) in [6.45, 7) is 1.36. The van der Waals surface area contributed by atoms with E-state index >= 15 is 0 Å². The Hall–Kier alpha value is -1.25. The monoisotopic (exact) mass is 347 g/mol. The van der Waals surface area contributed by atoms with Crippen LogP contribution >= 0.6 is 15.9 Å². The number of carboxylic acids is 1. The number of rotatable bonds is 3. The molecule has 1 heterocycles. The van der Waals surface area contributed by atoms with Gasteiger partial charge in [0.25, 0.3) is 6.43 Å². The number of pyridine rings is 1. The molecule has 1 aromatic heterocycles. The van der Waals surface area contributed by atoms with E-state index in [1.807, 2.05) is 0 Å². The van der Waals surface area contributed by atoms with Gasteiger partial charge < -0.3 is 5.11 Å². The van der Waals surface area contributed by atoms with Crippen LogP contribution < -0.4 is 0 Å². The molecule has 3 nitrogen and oxygen atoms in total. The second-order valence-corrected chi connectivity index (χ2v) is 4.26. The van der Waals surface area contributed by atoms with Crippen molar-refractivity contribution < 1.29 is 31.9 Å². The van der Waals surface area contributed by atoms with Gasteiger partial charge in [0.05, 0.1) is 10.0 Å². The summed E-state index contributed by atoms with van der Waals surface area (Å²) in [5.74, 6) is -1.74. The number of aromatic carboxylic acids is 1. The fraction of sp³-hybridized carbons (Fsp3) is 0.400. The van der Waals surface area contributed by atoms with E-state index in [9.17, 15) is 26.7 Å². The molecule has 0 aromatic carbocycles. The maximum atomic E-state index is 12.7. The van der Waals surface area contributed by atoms with Gasteiger partial charge in [0.1, 0.15) is 5.69 Å². The minimum atomic E-state index is -4.95. The van der Waals surface area contributed by atoms with E-state index in [1.54, 1.807) is 0 Å². The summed E-state index contributed by atoms with van der Waals surface area (Å²) in [7, 11) is 0. The van der Waals surface area contributed by atoms with Gasteiger partial charge in [0.15, 0.2) is 5.69 Å². The number of aromatic nitrogens is 1. The molecule has 0 bridgehead atoms. The summed E-state index contributed by atoms with van der Waals surface area (Å²) in [5, 5.41) is 8.87. The minimum absolute atomic E-state index is 0.159. The predicted octanol–water partition coefficient (Wildman–Crippen LogP) is 4.06. The van der Waals surface area contributed by atoms with Crippen molar-refractivity contribution in [3.8, 4) is 0 Å². The molecule has 0 radical (unpaired) electrons. The zero-order chi connectivity index (χ0) is 15.0. The van der Waals surface area contributed by atoms with Crippen LogP contribution in [0.3, 0.4) is 0 Å². The molecule has 1 aromatic rings. The van der Waals surface area contributed by atoms with Crippen LogP contribution in [0.4, 0.5) is 22.0 Å². The predicted molar refractivity (Wildman–Crippen MR) is 58.2 cm³/mol. The highest BCUT2D eigenvalue weighted by Crippen LogP contribution is 2.39. The third-order valence-electron chi connectivity index (χ3n) is 2.31. The third kappa shape index (κ3) is 3.02. The molecule has 0 amide bonds. The van der Waals surface area contributed by atoms with E-state index in [0.29, 0.717) is 0 Å². The molecule has 0 unspecified atom stereocenters. The molecule has 9 heteroatoms. The first-order chi connectivity index (χ1) is 8.61. The van der Waals surface area contributed by atoms with Crippen molar-refractivity contribution >= 4 is 21.9 Å². The van der Waals surface area contributed by atoms with E-state index in [2.05, 4.69) is 20.9 Å². The highest BCUT2D eigenvalue weighted by molar-refractivity contribution is 9.10. The van der Waals surface area contributed by atoms with Crippen molar-refractivity contribution in [2.45, 2.75) is 25.9 Å². The minimum Gasteiger partial charge on any atom is -0.478 e. The standard InChI is InChI=1S/C10H7BrF5NO2/c1-2-3-4(9(18)19)6(8(12)13)17-7(5(3)11)10(14,15)16/h8H,2H2,1H3,(H,18,19). The van der Waals surface area contributed by atoms with Gasteiger partial charge in [0.2, 0.25) is 0 Å². The molecule has 19 heavy (non-hydrogen) atoms. The van der Waals surface area contributed by atoms with Gasteiger partial charge >= 0.3 is 12.1 Å². The van der Waals surface area contributed by atoms with Crippen LogP contribution in [0.1, 0.15) is 40.7 Å². The van der Waals surface area contributed by atoms with E-state index in [4.69, 9.17) is 5.11 Å². The quantitative estimate of drug-likeness (QED) is 0.839. The van der Waals surface area contributed by atoms with Gasteiger partial charge in [-0.2, -0.15) is 13.2 Å². The Morgan fingerprint density at radius 2 is 1.95 bits per heavy atom. The van der Waals surface area contributed by atoms with Crippen LogP contribution in [0.2, 0.25) is 0 Å². The Kier molecular flexibility index (Phi) is 4.49. The van der Waals surface area contributed by atoms with E-state index in [1.165, 1.54) is 6.92 Å². The number of hydrogen-bond acceptors (Lipinski definition) is 2. The first-order valence-corrected chi connectivity index (χ1v) is 5.71. The van der Waals surface area contributed by atoms with Crippen LogP contribution in [-0.2, 0) is 12.6 Å². The fourth-order valence-corrected chi connectivity index (χ4v) is 2.34. The number of nitrogens with zero attached hydrogens (tertiary/aromatic N) is 1. The highest BCUT2D eigenvalue weighted by atomic mass is 79.9. The molecule has 1 rings (SSSR count). The zero-order valence-corrected chi connectivity index (χ0v) is 10.9. The second-order valence-electron chi connectivity index (χ2n) is 3.47. The summed E-state index contributed by atoms with van der Waals surface area (Å²) in [6, 6.07) is 0. The average molecular weight is 348 g/mol. The number of alkyl halides is 5. The Morgan fingerprint density at radius 1 is 1.42 bits per heavy atom.